The summed E-state index contributed by atoms with van der Waals surface area (Å²) in [5.41, 5.74) is 0. The van der Waals surface area contributed by atoms with Gasteiger partial charge in [0.05, 0.1) is 0 Å². The van der Waals surface area contributed by atoms with Gasteiger partial charge in [0, 0.05) is 0 Å². The Morgan fingerprint density at radius 1 is 1.33 bits per heavy atom. The second-order valence-electron chi connectivity index (χ2n) is 1.70. The molecular weight excluding hydrogens is 258 g/mol. The van der Waals surface area contributed by atoms with Crippen molar-refractivity contribution in [2.45, 2.75) is 9.79 Å². The summed E-state index contributed by atoms with van der Waals surface area (Å²) in [7, 11) is 4.16. The number of fused-ring (bicyclic) bond motifs is 1. The van der Waals surface area contributed by atoms with Gasteiger partial charge in [-0.1, -0.05) is 0 Å². The van der Waals surface area contributed by atoms with Crippen LogP contribution in [0, 0.1) is 0 Å². The molecule has 0 amide bonds. The van der Waals surface area contributed by atoms with Crippen LogP contribution < -0.4 is 0 Å². The van der Waals surface area contributed by atoms with Crippen molar-refractivity contribution in [3.63, 3.8) is 0 Å². The third kappa shape index (κ3) is 1.21. The normalized spacial score (nSPS) is 13.8. The summed E-state index contributed by atoms with van der Waals surface area (Å²) in [5.74, 6) is 0. The quantitative estimate of drug-likeness (QED) is 0.507. The number of hydrogen-bond donors (Lipinski definition) is 0. The van der Waals surface area contributed by atoms with E-state index in [1.54, 1.807) is 0 Å². The summed E-state index contributed by atoms with van der Waals surface area (Å²) < 4.78 is 0. The topological polar surface area (TPSA) is 0 Å². The summed E-state index contributed by atoms with van der Waals surface area (Å²) in [5, 5.41) is 0. The van der Waals surface area contributed by atoms with Crippen LogP contribution >= 0.6 is 8.85 Å². The number of hydrogen-bond acceptors (Lipinski definition) is 1. The number of benzene rings is 1. The standard InChI is InChI=1S/C6H6S2.Sb/c7-5-3-1-2-4-6(5)8;/h1-4,7-8H;/q;+3/p-2. The first-order chi connectivity index (χ1) is 4.47. The van der Waals surface area contributed by atoms with Crippen molar-refractivity contribution in [1.29, 1.82) is 0 Å². The first kappa shape index (κ1) is 6.33. The van der Waals surface area contributed by atoms with Crippen molar-refractivity contribution in [2.24, 2.45) is 0 Å². The van der Waals surface area contributed by atoms with E-state index in [4.69, 9.17) is 0 Å². The molecule has 0 bridgehead atoms. The monoisotopic (exact) mass is 261 g/mol. The predicted octanol–water partition coefficient (Wildman–Crippen LogP) is 1.77. The minimum atomic E-state index is 0.0375. The van der Waals surface area contributed by atoms with Crippen LogP contribution in [-0.2, 0) is 8.33 Å². The van der Waals surface area contributed by atoms with Crippen molar-refractivity contribution < 1.29 is 0 Å². The van der Waals surface area contributed by atoms with E-state index in [0.29, 0.717) is 0 Å². The third-order valence-corrected chi connectivity index (χ3v) is 10.1. The molecule has 0 nitrogen and oxygen atoms in total. The summed E-state index contributed by atoms with van der Waals surface area (Å²) in [6.45, 7) is 0. The van der Waals surface area contributed by atoms with Crippen molar-refractivity contribution >= 4 is 35.4 Å². The molecule has 0 atom stereocenters. The molecule has 0 N–H and O–H groups in total. The van der Waals surface area contributed by atoms with Crippen LogP contribution in [0.25, 0.3) is 0 Å². The predicted molar refractivity (Wildman–Crippen MR) is 43.7 cm³/mol. The zero-order valence-corrected chi connectivity index (χ0v) is 8.76. The molecule has 1 aromatic carbocycles. The van der Waals surface area contributed by atoms with Crippen molar-refractivity contribution in [3.05, 3.63) is 24.3 Å². The van der Waals surface area contributed by atoms with Crippen LogP contribution in [0.4, 0.5) is 0 Å². The SMILES string of the molecule is c1ccc2c(c1)[S][Sb]=[S+]2. The van der Waals surface area contributed by atoms with Gasteiger partial charge < -0.3 is 0 Å². The molecule has 0 fully saturated rings. The van der Waals surface area contributed by atoms with E-state index in [1.165, 1.54) is 9.79 Å². The Morgan fingerprint density at radius 3 is 3.11 bits per heavy atom. The van der Waals surface area contributed by atoms with Crippen LogP contribution in [0.3, 0.4) is 0 Å². The van der Waals surface area contributed by atoms with Crippen LogP contribution in [0.1, 0.15) is 0 Å². The van der Waals surface area contributed by atoms with Gasteiger partial charge in [0.15, 0.2) is 0 Å². The van der Waals surface area contributed by atoms with Gasteiger partial charge in [-0.05, 0) is 0 Å². The zero-order chi connectivity index (χ0) is 6.10. The molecule has 0 aliphatic carbocycles. The van der Waals surface area contributed by atoms with Gasteiger partial charge in [-0.3, -0.25) is 0 Å². The van der Waals surface area contributed by atoms with Crippen LogP contribution in [0.5, 0.6) is 0 Å². The fourth-order valence-corrected chi connectivity index (χ4v) is 11.3. The minimum absolute atomic E-state index is 0.0375. The molecule has 1 aliphatic rings. The maximum absolute atomic E-state index is 2.22. The third-order valence-electron chi connectivity index (χ3n) is 1.12. The molecule has 0 saturated heterocycles. The van der Waals surface area contributed by atoms with Gasteiger partial charge in [0.2, 0.25) is 0 Å². The van der Waals surface area contributed by atoms with E-state index in [0.717, 1.165) is 0 Å². The van der Waals surface area contributed by atoms with Gasteiger partial charge in [-0.2, -0.15) is 0 Å². The Kier molecular flexibility index (Phi) is 1.89. The van der Waals surface area contributed by atoms with Crippen LogP contribution in [-0.4, -0.2) is 18.2 Å². The van der Waals surface area contributed by atoms with E-state index >= 15 is 0 Å². The van der Waals surface area contributed by atoms with Crippen LogP contribution in [0.2, 0.25) is 0 Å². The fraction of sp³-hybridized carbons (Fsp3) is 0. The second-order valence-corrected chi connectivity index (χ2v) is 10.5. The van der Waals surface area contributed by atoms with Crippen LogP contribution in [0.15, 0.2) is 34.1 Å². The summed E-state index contributed by atoms with van der Waals surface area (Å²) in [4.78, 5) is 3.03. The summed E-state index contributed by atoms with van der Waals surface area (Å²) in [6.07, 6.45) is 0. The molecule has 3 heteroatoms. The average Bonchev–Trinajstić information content (AvgIpc) is 2.33. The van der Waals surface area contributed by atoms with Gasteiger partial charge in [-0.25, -0.2) is 0 Å². The van der Waals surface area contributed by atoms with E-state index in [9.17, 15) is 0 Å². The Balaban J connectivity index is 2.63. The maximum atomic E-state index is 2.22. The van der Waals surface area contributed by atoms with Gasteiger partial charge in [0.1, 0.15) is 0 Å². The van der Waals surface area contributed by atoms with E-state index < -0.39 is 0 Å². The molecular formula is C6H4S2Sb+. The number of rotatable bonds is 0. The summed E-state index contributed by atoms with van der Waals surface area (Å²) in [6, 6.07) is 8.67. The van der Waals surface area contributed by atoms with Gasteiger partial charge in [0.25, 0.3) is 0 Å². The Labute approximate surface area is 69.1 Å². The Morgan fingerprint density at radius 2 is 2.22 bits per heavy atom. The molecule has 2 rings (SSSR count). The van der Waals surface area contributed by atoms with Crippen molar-refractivity contribution in [3.8, 4) is 0 Å². The molecule has 0 radical (unpaired) electrons. The molecule has 0 spiro atoms. The molecule has 1 aromatic rings. The first-order valence-electron chi connectivity index (χ1n) is 2.60. The van der Waals surface area contributed by atoms with Gasteiger partial charge in [-0.15, -0.1) is 0 Å². The Bertz CT molecular complexity index is 257. The molecule has 0 aromatic heterocycles. The van der Waals surface area contributed by atoms with E-state index in [-0.39, 0.29) is 18.2 Å². The zero-order valence-electron chi connectivity index (χ0n) is 4.57. The molecule has 0 unspecified atom stereocenters. The van der Waals surface area contributed by atoms with E-state index in [1.807, 2.05) is 0 Å². The molecule has 1 heterocycles. The van der Waals surface area contributed by atoms with Gasteiger partial charge >= 0.3 is 69.5 Å². The molecule has 44 valence electrons. The van der Waals surface area contributed by atoms with Crippen molar-refractivity contribution in [1.82, 2.24) is 0 Å². The second kappa shape index (κ2) is 2.69. The average molecular weight is 262 g/mol. The van der Waals surface area contributed by atoms with E-state index in [2.05, 4.69) is 41.4 Å². The molecule has 0 saturated carbocycles. The first-order valence-corrected chi connectivity index (χ1v) is 10.4. The fourth-order valence-electron chi connectivity index (χ4n) is 0.700. The Hall–Kier alpha value is 0.608. The molecule has 1 aliphatic heterocycles. The molecule has 9 heavy (non-hydrogen) atoms. The summed E-state index contributed by atoms with van der Waals surface area (Å²) >= 11 is 0.0375. The van der Waals surface area contributed by atoms with Crippen molar-refractivity contribution in [2.75, 3.05) is 0 Å².